The Kier molecular flexibility index (Phi) is 4.22. The number of hydrogen-bond donors (Lipinski definition) is 1. The maximum Gasteiger partial charge on any atom is 0.236 e. The molecular formula is C18H21FN4O. The van der Waals surface area contributed by atoms with Gasteiger partial charge in [0.2, 0.25) is 11.9 Å². The number of rotatable bonds is 3. The molecule has 0 bridgehead atoms. The smallest absolute Gasteiger partial charge is 0.236 e. The minimum absolute atomic E-state index is 0.192. The number of aryl methyl sites for hydroxylation is 1. The van der Waals surface area contributed by atoms with E-state index in [1.54, 1.807) is 24.4 Å². The summed E-state index contributed by atoms with van der Waals surface area (Å²) in [5.41, 5.74) is 1.11. The Morgan fingerprint density at radius 1 is 1.33 bits per heavy atom. The van der Waals surface area contributed by atoms with Crippen LogP contribution in [0.1, 0.15) is 31.0 Å². The molecule has 1 aliphatic carbocycles. The highest BCUT2D eigenvalue weighted by Gasteiger charge is 2.41. The monoisotopic (exact) mass is 328 g/mol. The van der Waals surface area contributed by atoms with E-state index in [9.17, 15) is 9.18 Å². The summed E-state index contributed by atoms with van der Waals surface area (Å²) >= 11 is 0. The lowest BCUT2D eigenvalue weighted by Crippen LogP contribution is -2.42. The van der Waals surface area contributed by atoms with Crippen molar-refractivity contribution in [2.24, 2.45) is 0 Å². The van der Waals surface area contributed by atoms with Gasteiger partial charge in [-0.2, -0.15) is 0 Å². The molecule has 1 unspecified atom stereocenters. The Morgan fingerprint density at radius 3 is 2.79 bits per heavy atom. The molecule has 1 atom stereocenters. The molecule has 1 heterocycles. The molecule has 24 heavy (non-hydrogen) atoms. The summed E-state index contributed by atoms with van der Waals surface area (Å²) in [6.45, 7) is 1.87. The molecule has 1 aromatic heterocycles. The predicted molar refractivity (Wildman–Crippen MR) is 91.7 cm³/mol. The van der Waals surface area contributed by atoms with Crippen LogP contribution in [0, 0.1) is 5.82 Å². The highest BCUT2D eigenvalue weighted by Crippen LogP contribution is 2.37. The Hall–Kier alpha value is -2.50. The van der Waals surface area contributed by atoms with Crippen molar-refractivity contribution >= 4 is 17.5 Å². The maximum absolute atomic E-state index is 13.9. The molecule has 6 heteroatoms. The quantitative estimate of drug-likeness (QED) is 0.941. The summed E-state index contributed by atoms with van der Waals surface area (Å²) < 4.78 is 13.9. The second kappa shape index (κ2) is 6.19. The van der Waals surface area contributed by atoms with Crippen LogP contribution in [0.3, 0.4) is 0 Å². The molecule has 1 aliphatic rings. The minimum atomic E-state index is -0.802. The van der Waals surface area contributed by atoms with Crippen molar-refractivity contribution < 1.29 is 9.18 Å². The van der Waals surface area contributed by atoms with Crippen molar-refractivity contribution in [3.63, 3.8) is 0 Å². The lowest BCUT2D eigenvalue weighted by Gasteiger charge is -2.33. The normalized spacial score (nSPS) is 19.5. The van der Waals surface area contributed by atoms with Crippen LogP contribution >= 0.6 is 0 Å². The minimum Gasteiger partial charge on any atom is -0.347 e. The third-order valence-corrected chi connectivity index (χ3v) is 4.52. The van der Waals surface area contributed by atoms with Crippen LogP contribution in [0.25, 0.3) is 0 Å². The van der Waals surface area contributed by atoms with Gasteiger partial charge in [0.15, 0.2) is 0 Å². The Balaban J connectivity index is 1.97. The lowest BCUT2D eigenvalue weighted by molar-refractivity contribution is -0.121. The maximum atomic E-state index is 13.9. The summed E-state index contributed by atoms with van der Waals surface area (Å²) in [5.74, 6) is -0.111. The van der Waals surface area contributed by atoms with Crippen LogP contribution in [-0.4, -0.2) is 30.0 Å². The highest BCUT2D eigenvalue weighted by atomic mass is 19.1. The van der Waals surface area contributed by atoms with Gasteiger partial charge in [0.1, 0.15) is 5.82 Å². The Bertz CT molecular complexity index is 777. The van der Waals surface area contributed by atoms with Crippen molar-refractivity contribution in [2.75, 3.05) is 24.3 Å². The first-order chi connectivity index (χ1) is 11.4. The molecule has 0 saturated carbocycles. The first-order valence-corrected chi connectivity index (χ1v) is 8.01. The molecule has 2 aromatic rings. The van der Waals surface area contributed by atoms with Gasteiger partial charge in [0.25, 0.3) is 0 Å². The molecule has 0 spiro atoms. The summed E-state index contributed by atoms with van der Waals surface area (Å²) in [4.78, 5) is 23.7. The number of amides is 1. The number of benzene rings is 1. The summed E-state index contributed by atoms with van der Waals surface area (Å²) in [6.07, 6.45) is 4.19. The first kappa shape index (κ1) is 16.4. The van der Waals surface area contributed by atoms with Crippen molar-refractivity contribution in [1.82, 2.24) is 9.97 Å². The number of aromatic nitrogens is 2. The molecule has 1 aromatic carbocycles. The summed E-state index contributed by atoms with van der Waals surface area (Å²) in [7, 11) is 3.72. The van der Waals surface area contributed by atoms with E-state index in [0.29, 0.717) is 12.4 Å². The van der Waals surface area contributed by atoms with E-state index in [-0.39, 0.29) is 11.6 Å². The molecule has 0 aliphatic heterocycles. The van der Waals surface area contributed by atoms with Gasteiger partial charge >= 0.3 is 0 Å². The van der Waals surface area contributed by atoms with Crippen molar-refractivity contribution in [1.29, 1.82) is 0 Å². The first-order valence-electron chi connectivity index (χ1n) is 8.01. The zero-order valence-corrected chi connectivity index (χ0v) is 14.1. The molecule has 0 saturated heterocycles. The third kappa shape index (κ3) is 2.84. The zero-order chi connectivity index (χ0) is 17.3. The fourth-order valence-electron chi connectivity index (χ4n) is 3.07. The van der Waals surface area contributed by atoms with E-state index >= 15 is 0 Å². The number of halogens is 1. The van der Waals surface area contributed by atoms with Gasteiger partial charge in [-0.1, -0.05) is 12.1 Å². The Morgan fingerprint density at radius 2 is 2.08 bits per heavy atom. The van der Waals surface area contributed by atoms with Crippen LogP contribution in [-0.2, 0) is 16.6 Å². The fourth-order valence-corrected chi connectivity index (χ4v) is 3.07. The van der Waals surface area contributed by atoms with E-state index in [0.717, 1.165) is 24.1 Å². The number of hydrogen-bond acceptors (Lipinski definition) is 4. The van der Waals surface area contributed by atoms with Gasteiger partial charge in [-0.3, -0.25) is 4.79 Å². The van der Waals surface area contributed by atoms with Gasteiger partial charge in [0, 0.05) is 20.3 Å². The van der Waals surface area contributed by atoms with Crippen LogP contribution < -0.4 is 10.2 Å². The van der Waals surface area contributed by atoms with Crippen LogP contribution in [0.15, 0.2) is 30.5 Å². The summed E-state index contributed by atoms with van der Waals surface area (Å²) in [6, 6.07) is 6.19. The van der Waals surface area contributed by atoms with Gasteiger partial charge < -0.3 is 10.2 Å². The molecule has 1 amide bonds. The van der Waals surface area contributed by atoms with E-state index in [1.807, 2.05) is 25.9 Å². The SMILES string of the molecule is CN(C)c1ncc2c(n1)C(C)(C(=O)Nc1ccccc1F)CCC2. The van der Waals surface area contributed by atoms with E-state index in [1.165, 1.54) is 6.07 Å². The van der Waals surface area contributed by atoms with E-state index in [2.05, 4.69) is 15.3 Å². The number of nitrogens with zero attached hydrogens (tertiary/aromatic N) is 3. The average Bonchev–Trinajstić information content (AvgIpc) is 2.57. The average molecular weight is 328 g/mol. The van der Waals surface area contributed by atoms with E-state index in [4.69, 9.17) is 0 Å². The lowest BCUT2D eigenvalue weighted by atomic mass is 9.74. The van der Waals surface area contributed by atoms with E-state index < -0.39 is 11.2 Å². The molecule has 1 N–H and O–H groups in total. The standard InChI is InChI=1S/C18H21FN4O/c1-18(16(24)21-14-9-5-4-8-13(14)19)10-6-7-12-11-20-17(23(2)3)22-15(12)18/h4-5,8-9,11H,6-7,10H2,1-3H3,(H,21,24). The Labute approximate surface area is 140 Å². The van der Waals surface area contributed by atoms with Crippen LogP contribution in [0.4, 0.5) is 16.0 Å². The van der Waals surface area contributed by atoms with Crippen molar-refractivity contribution in [3.8, 4) is 0 Å². The van der Waals surface area contributed by atoms with Gasteiger partial charge in [-0.25, -0.2) is 14.4 Å². The van der Waals surface area contributed by atoms with Crippen LogP contribution in [0.5, 0.6) is 0 Å². The number of carbonyl (C=O) groups excluding carboxylic acids is 1. The molecule has 5 nitrogen and oxygen atoms in total. The predicted octanol–water partition coefficient (Wildman–Crippen LogP) is 2.91. The van der Waals surface area contributed by atoms with Gasteiger partial charge in [-0.05, 0) is 43.9 Å². The van der Waals surface area contributed by atoms with Gasteiger partial charge in [0.05, 0.1) is 16.8 Å². The molecule has 126 valence electrons. The van der Waals surface area contributed by atoms with Crippen molar-refractivity contribution in [3.05, 3.63) is 47.5 Å². The summed E-state index contributed by atoms with van der Waals surface area (Å²) in [5, 5.41) is 2.72. The largest absolute Gasteiger partial charge is 0.347 e. The number of nitrogens with one attached hydrogen (secondary N) is 1. The zero-order valence-electron chi connectivity index (χ0n) is 14.1. The number of fused-ring (bicyclic) bond motifs is 1. The highest BCUT2D eigenvalue weighted by molar-refractivity contribution is 5.99. The number of carbonyl (C=O) groups is 1. The third-order valence-electron chi connectivity index (χ3n) is 4.52. The molecule has 0 fully saturated rings. The molecular weight excluding hydrogens is 307 g/mol. The van der Waals surface area contributed by atoms with Crippen molar-refractivity contribution in [2.45, 2.75) is 31.6 Å². The number of para-hydroxylation sites is 1. The number of anilines is 2. The second-order valence-electron chi connectivity index (χ2n) is 6.56. The second-order valence-corrected chi connectivity index (χ2v) is 6.56. The molecule has 3 rings (SSSR count). The molecule has 0 radical (unpaired) electrons. The topological polar surface area (TPSA) is 58.1 Å². The fraction of sp³-hybridized carbons (Fsp3) is 0.389. The van der Waals surface area contributed by atoms with Gasteiger partial charge in [-0.15, -0.1) is 0 Å². The van der Waals surface area contributed by atoms with Crippen LogP contribution in [0.2, 0.25) is 0 Å².